The highest BCUT2D eigenvalue weighted by Gasteiger charge is 2.51. The van der Waals surface area contributed by atoms with Crippen LogP contribution < -0.4 is 4.90 Å². The SMILES string of the molecule is CC1(C)c2ccccc2-c2ccc(N(c3ccccc3)c3ccccc3-c3ccc4c(c3)C3(c5ccccc5-4)c4ccccc4C(c4ccccc4)c4ccccc43)cc21. The number of anilines is 3. The van der Waals surface area contributed by atoms with Gasteiger partial charge < -0.3 is 4.90 Å². The monoisotopic (exact) mass is 765 g/mol. The number of hydrogen-bond acceptors (Lipinski definition) is 1. The molecule has 0 amide bonds. The minimum Gasteiger partial charge on any atom is -0.310 e. The van der Waals surface area contributed by atoms with E-state index in [1.54, 1.807) is 0 Å². The van der Waals surface area contributed by atoms with E-state index >= 15 is 0 Å². The molecule has 0 heterocycles. The second-order valence-corrected chi connectivity index (χ2v) is 17.2. The van der Waals surface area contributed by atoms with Crippen molar-refractivity contribution in [1.29, 1.82) is 0 Å². The average molecular weight is 766 g/mol. The number of hydrogen-bond donors (Lipinski definition) is 0. The Morgan fingerprint density at radius 2 is 0.850 bits per heavy atom. The zero-order valence-electron chi connectivity index (χ0n) is 33.8. The van der Waals surface area contributed by atoms with E-state index in [0.29, 0.717) is 0 Å². The number of nitrogens with zero attached hydrogens (tertiary/aromatic N) is 1. The van der Waals surface area contributed by atoms with E-state index in [2.05, 4.69) is 237 Å². The molecule has 1 spiro atoms. The van der Waals surface area contributed by atoms with Crippen molar-refractivity contribution in [2.75, 3.05) is 4.90 Å². The Balaban J connectivity index is 1.08. The first-order valence-electron chi connectivity index (χ1n) is 21.2. The van der Waals surface area contributed by atoms with Crippen LogP contribution in [0.25, 0.3) is 33.4 Å². The minimum absolute atomic E-state index is 0.112. The van der Waals surface area contributed by atoms with Crippen molar-refractivity contribution in [3.05, 3.63) is 268 Å². The standard InChI is InChI=1S/C59H43N/c1-58(2)50-28-14-9-24-44(50)46-36-34-42(38-54(46)58)60(41-21-7-4-8-22-41)56-32-18-13-23-43(56)40-33-35-47-45-25-10-15-29-51(45)59(55(47)37-40)52-30-16-11-26-48(52)57(39-19-5-3-6-20-39)49-27-12-17-31-53(49)59/h3-38,57H,1-2H3. The number of fused-ring (bicyclic) bond motifs is 12. The fourth-order valence-corrected chi connectivity index (χ4v) is 11.3. The Hall–Kier alpha value is -7.22. The highest BCUT2D eigenvalue weighted by Crippen LogP contribution is 2.62. The molecule has 0 aliphatic heterocycles. The van der Waals surface area contributed by atoms with E-state index in [4.69, 9.17) is 0 Å². The maximum absolute atomic E-state index is 2.52. The molecule has 0 bridgehead atoms. The summed E-state index contributed by atoms with van der Waals surface area (Å²) in [5.74, 6) is 0.133. The van der Waals surface area contributed by atoms with Gasteiger partial charge in [-0.25, -0.2) is 0 Å². The molecule has 3 aliphatic rings. The average Bonchev–Trinajstić information content (AvgIpc) is 3.72. The highest BCUT2D eigenvalue weighted by atomic mass is 15.1. The van der Waals surface area contributed by atoms with Gasteiger partial charge in [0.1, 0.15) is 0 Å². The van der Waals surface area contributed by atoms with Gasteiger partial charge >= 0.3 is 0 Å². The predicted molar refractivity (Wildman–Crippen MR) is 249 cm³/mol. The lowest BCUT2D eigenvalue weighted by molar-refractivity contribution is 0.660. The van der Waals surface area contributed by atoms with E-state index < -0.39 is 5.41 Å². The third-order valence-corrected chi connectivity index (χ3v) is 13.8. The lowest BCUT2D eigenvalue weighted by atomic mass is 9.58. The van der Waals surface area contributed by atoms with Crippen molar-refractivity contribution in [2.45, 2.75) is 30.6 Å². The van der Waals surface area contributed by atoms with Crippen molar-refractivity contribution in [3.8, 4) is 33.4 Å². The summed E-state index contributed by atoms with van der Waals surface area (Å²) in [6.45, 7) is 4.73. The second kappa shape index (κ2) is 13.1. The molecule has 3 aliphatic carbocycles. The Labute approximate surface area is 352 Å². The van der Waals surface area contributed by atoms with Crippen LogP contribution in [0.5, 0.6) is 0 Å². The zero-order valence-corrected chi connectivity index (χ0v) is 33.8. The number of benzene rings is 9. The summed E-state index contributed by atoms with van der Waals surface area (Å²) in [7, 11) is 0. The fourth-order valence-electron chi connectivity index (χ4n) is 11.3. The molecule has 0 unspecified atom stereocenters. The molecule has 0 radical (unpaired) electrons. The van der Waals surface area contributed by atoms with Crippen LogP contribution in [0.2, 0.25) is 0 Å². The van der Waals surface area contributed by atoms with Crippen molar-refractivity contribution in [1.82, 2.24) is 0 Å². The van der Waals surface area contributed by atoms with E-state index in [1.807, 2.05) is 0 Å². The summed E-state index contributed by atoms with van der Waals surface area (Å²) in [4.78, 5) is 2.46. The van der Waals surface area contributed by atoms with Crippen molar-refractivity contribution >= 4 is 17.1 Å². The van der Waals surface area contributed by atoms with Gasteiger partial charge in [-0.05, 0) is 114 Å². The molecule has 0 N–H and O–H groups in total. The van der Waals surface area contributed by atoms with Crippen molar-refractivity contribution in [2.24, 2.45) is 0 Å². The largest absolute Gasteiger partial charge is 0.310 e. The van der Waals surface area contributed by atoms with Gasteiger partial charge in [-0.15, -0.1) is 0 Å². The van der Waals surface area contributed by atoms with Gasteiger partial charge in [-0.2, -0.15) is 0 Å². The summed E-state index contributed by atoms with van der Waals surface area (Å²) < 4.78 is 0. The quantitative estimate of drug-likeness (QED) is 0.169. The summed E-state index contributed by atoms with van der Waals surface area (Å²) in [5, 5.41) is 0. The topological polar surface area (TPSA) is 3.24 Å². The smallest absolute Gasteiger partial charge is 0.0719 e. The second-order valence-electron chi connectivity index (χ2n) is 17.2. The molecule has 0 saturated carbocycles. The third-order valence-electron chi connectivity index (χ3n) is 13.8. The molecule has 1 heteroatoms. The molecule has 12 rings (SSSR count). The molecule has 9 aromatic carbocycles. The first kappa shape index (κ1) is 34.8. The highest BCUT2D eigenvalue weighted by molar-refractivity contribution is 5.94. The van der Waals surface area contributed by atoms with E-state index in [9.17, 15) is 0 Å². The van der Waals surface area contributed by atoms with Crippen LogP contribution in [-0.2, 0) is 10.8 Å². The zero-order chi connectivity index (χ0) is 40.0. The van der Waals surface area contributed by atoms with Crippen molar-refractivity contribution < 1.29 is 0 Å². The first-order chi connectivity index (χ1) is 29.5. The van der Waals surface area contributed by atoms with E-state index in [0.717, 1.165) is 17.1 Å². The molecule has 9 aromatic rings. The molecule has 0 fully saturated rings. The number of para-hydroxylation sites is 2. The van der Waals surface area contributed by atoms with Gasteiger partial charge in [0.05, 0.1) is 11.1 Å². The summed E-state index contributed by atoms with van der Waals surface area (Å²) in [6.07, 6.45) is 0. The molecule has 0 saturated heterocycles. The van der Waals surface area contributed by atoms with Gasteiger partial charge in [0.25, 0.3) is 0 Å². The molecule has 60 heavy (non-hydrogen) atoms. The van der Waals surface area contributed by atoms with Crippen LogP contribution in [0, 0.1) is 0 Å². The van der Waals surface area contributed by atoms with Crippen LogP contribution in [0.4, 0.5) is 17.1 Å². The Bertz CT molecular complexity index is 3090. The van der Waals surface area contributed by atoms with Crippen LogP contribution in [-0.4, -0.2) is 0 Å². The van der Waals surface area contributed by atoms with Crippen LogP contribution >= 0.6 is 0 Å². The first-order valence-corrected chi connectivity index (χ1v) is 21.2. The maximum Gasteiger partial charge on any atom is 0.0719 e. The lowest BCUT2D eigenvalue weighted by Crippen LogP contribution is -2.36. The van der Waals surface area contributed by atoms with Gasteiger partial charge in [-0.3, -0.25) is 0 Å². The summed E-state index contributed by atoms with van der Waals surface area (Å²) in [6, 6.07) is 81.8. The fraction of sp³-hybridized carbons (Fsp3) is 0.0847. The Morgan fingerprint density at radius 1 is 0.350 bits per heavy atom. The summed E-state index contributed by atoms with van der Waals surface area (Å²) >= 11 is 0. The Morgan fingerprint density at radius 3 is 1.55 bits per heavy atom. The lowest BCUT2D eigenvalue weighted by Gasteiger charge is -2.43. The molecule has 284 valence electrons. The van der Waals surface area contributed by atoms with Crippen LogP contribution in [0.3, 0.4) is 0 Å². The van der Waals surface area contributed by atoms with Gasteiger partial charge in [-0.1, -0.05) is 196 Å². The van der Waals surface area contributed by atoms with E-state index in [-0.39, 0.29) is 11.3 Å². The molecule has 0 atom stereocenters. The van der Waals surface area contributed by atoms with Gasteiger partial charge in [0.15, 0.2) is 0 Å². The molecule has 0 aromatic heterocycles. The third kappa shape index (κ3) is 4.81. The Kier molecular flexibility index (Phi) is 7.62. The molecule has 1 nitrogen and oxygen atoms in total. The predicted octanol–water partition coefficient (Wildman–Crippen LogP) is 15.0. The van der Waals surface area contributed by atoms with E-state index in [1.165, 1.54) is 83.5 Å². The maximum atomic E-state index is 2.52. The van der Waals surface area contributed by atoms with Gasteiger partial charge in [0, 0.05) is 28.3 Å². The molecular weight excluding hydrogens is 723 g/mol. The molecular formula is C59H43N. The number of rotatable bonds is 5. The van der Waals surface area contributed by atoms with Crippen LogP contribution in [0.1, 0.15) is 69.8 Å². The van der Waals surface area contributed by atoms with Gasteiger partial charge in [0.2, 0.25) is 0 Å². The minimum atomic E-state index is -0.491. The summed E-state index contributed by atoms with van der Waals surface area (Å²) in [5.41, 5.74) is 22.7. The normalized spacial score (nSPS) is 17.2. The van der Waals surface area contributed by atoms with Crippen molar-refractivity contribution in [3.63, 3.8) is 0 Å². The van der Waals surface area contributed by atoms with Crippen LogP contribution in [0.15, 0.2) is 218 Å².